The number of nitrogens with zero attached hydrogens (tertiary/aromatic N) is 3. The van der Waals surface area contributed by atoms with Crippen molar-refractivity contribution >= 4 is 34.2 Å². The fourth-order valence-corrected chi connectivity index (χ4v) is 3.21. The monoisotopic (exact) mass is 338 g/mol. The van der Waals surface area contributed by atoms with Crippen molar-refractivity contribution in [3.05, 3.63) is 53.7 Å². The zero-order valence-corrected chi connectivity index (χ0v) is 13.6. The fraction of sp³-hybridized carbons (Fsp3) is 0.167. The molecule has 2 heterocycles. The van der Waals surface area contributed by atoms with Gasteiger partial charge in [-0.25, -0.2) is 0 Å². The van der Waals surface area contributed by atoms with Crippen molar-refractivity contribution in [3.63, 3.8) is 0 Å². The van der Waals surface area contributed by atoms with Crippen LogP contribution in [0, 0.1) is 0 Å². The lowest BCUT2D eigenvalue weighted by Crippen LogP contribution is -2.30. The molecule has 128 valence electrons. The number of carbonyl (C=O) groups is 2. The van der Waals surface area contributed by atoms with Crippen LogP contribution in [-0.2, 0) is 18.4 Å². The van der Waals surface area contributed by atoms with Gasteiger partial charge in [-0.05, 0) is 29.8 Å². The number of fused-ring (bicyclic) bond motifs is 2. The zero-order chi connectivity index (χ0) is 17.6. The molecule has 4 rings (SSSR count). The second-order valence-electron chi connectivity index (χ2n) is 6.06. The summed E-state index contributed by atoms with van der Waals surface area (Å²) in [6.45, 7) is 0.0201. The molecule has 7 heteroatoms. The Balaban J connectivity index is 0.00000196. The molecule has 0 atom stereocenters. The summed E-state index contributed by atoms with van der Waals surface area (Å²) in [7, 11) is 1.88. The van der Waals surface area contributed by atoms with Gasteiger partial charge in [0.2, 0.25) is 0 Å². The molecule has 2 N–H and O–H groups in total. The van der Waals surface area contributed by atoms with Gasteiger partial charge in [0, 0.05) is 26.1 Å². The van der Waals surface area contributed by atoms with Crippen molar-refractivity contribution in [2.24, 2.45) is 7.05 Å². The van der Waals surface area contributed by atoms with E-state index in [2.05, 4.69) is 10.4 Å². The molecule has 2 aromatic carbocycles. The van der Waals surface area contributed by atoms with Crippen LogP contribution in [0.1, 0.15) is 17.3 Å². The molecular weight excluding hydrogens is 320 g/mol. The van der Waals surface area contributed by atoms with Crippen LogP contribution < -0.4 is 5.32 Å². The van der Waals surface area contributed by atoms with Crippen LogP contribution >= 0.6 is 0 Å². The third-order valence-electron chi connectivity index (χ3n) is 4.36. The van der Waals surface area contributed by atoms with Crippen LogP contribution in [0.15, 0.2) is 42.6 Å². The average molecular weight is 338 g/mol. The third-order valence-corrected chi connectivity index (χ3v) is 4.36. The molecule has 1 amide bonds. The highest BCUT2D eigenvalue weighted by atomic mass is 16.4. The number of aromatic nitrogens is 2. The summed E-state index contributed by atoms with van der Waals surface area (Å²) < 4.78 is 1.80. The summed E-state index contributed by atoms with van der Waals surface area (Å²) in [5.41, 5.74) is 3.92. The van der Waals surface area contributed by atoms with E-state index in [-0.39, 0.29) is 13.9 Å². The molecule has 3 aromatic rings. The van der Waals surface area contributed by atoms with Crippen molar-refractivity contribution in [3.8, 4) is 0 Å². The van der Waals surface area contributed by atoms with E-state index in [1.165, 1.54) is 4.90 Å². The van der Waals surface area contributed by atoms with Gasteiger partial charge in [-0.3, -0.25) is 14.3 Å². The Hall–Kier alpha value is -3.35. The topological polar surface area (TPSA) is 87.5 Å². The van der Waals surface area contributed by atoms with Crippen molar-refractivity contribution in [1.82, 2.24) is 14.7 Å². The van der Waals surface area contributed by atoms with Gasteiger partial charge in [-0.2, -0.15) is 5.10 Å². The largest absolute Gasteiger partial charge is 0.480 e. The van der Waals surface area contributed by atoms with Gasteiger partial charge >= 0.3 is 5.97 Å². The van der Waals surface area contributed by atoms with Gasteiger partial charge < -0.3 is 15.3 Å². The molecule has 1 aliphatic heterocycles. The minimum absolute atomic E-state index is 0. The first-order valence-electron chi connectivity index (χ1n) is 7.84. The van der Waals surface area contributed by atoms with Gasteiger partial charge in [0.25, 0.3) is 5.91 Å². The summed E-state index contributed by atoms with van der Waals surface area (Å²) in [6.07, 6.45) is 1.79. The molecule has 7 nitrogen and oxygen atoms in total. The summed E-state index contributed by atoms with van der Waals surface area (Å²) in [5.74, 6) is -1.28. The molecule has 0 saturated heterocycles. The maximum Gasteiger partial charge on any atom is 0.323 e. The van der Waals surface area contributed by atoms with E-state index in [1.54, 1.807) is 10.9 Å². The Morgan fingerprint density at radius 1 is 1.36 bits per heavy atom. The summed E-state index contributed by atoms with van der Waals surface area (Å²) in [6, 6.07) is 11.4. The number of carboxylic acid groups (broad SMARTS) is 1. The second-order valence-corrected chi connectivity index (χ2v) is 6.06. The highest BCUT2D eigenvalue weighted by Crippen LogP contribution is 2.31. The maximum absolute atomic E-state index is 12.6. The van der Waals surface area contributed by atoms with Crippen molar-refractivity contribution in [2.75, 3.05) is 11.9 Å². The fourth-order valence-electron chi connectivity index (χ4n) is 3.21. The molecule has 25 heavy (non-hydrogen) atoms. The van der Waals surface area contributed by atoms with Crippen LogP contribution in [0.3, 0.4) is 0 Å². The molecule has 0 fully saturated rings. The Labute approximate surface area is 145 Å². The van der Waals surface area contributed by atoms with Gasteiger partial charge in [0.15, 0.2) is 0 Å². The standard InChI is InChI=1S/C18H16N4O3.H2/c1-21-15-6-5-13(7-12(15)8-19-21)20-14-4-2-3-11-9-22(10-16(23)24)18(25)17(11)14;/h2-8,20H,9-10H2,1H3,(H,23,24);1H. The van der Waals surface area contributed by atoms with Gasteiger partial charge in [0.1, 0.15) is 6.54 Å². The van der Waals surface area contributed by atoms with E-state index in [9.17, 15) is 9.59 Å². The van der Waals surface area contributed by atoms with Gasteiger partial charge in [-0.1, -0.05) is 12.1 Å². The minimum atomic E-state index is -1.02. The predicted octanol–water partition coefficient (Wildman–Crippen LogP) is 2.60. The molecule has 0 unspecified atom stereocenters. The SMILES string of the molecule is Cn1ncc2cc(Nc3cccc4c3C(=O)N(CC(=O)O)C4)ccc21.[HH]. The number of anilines is 2. The molecule has 0 aliphatic carbocycles. The normalized spacial score (nSPS) is 13.3. The molecule has 0 radical (unpaired) electrons. The number of hydrogen-bond acceptors (Lipinski definition) is 4. The van der Waals surface area contributed by atoms with Crippen LogP contribution in [-0.4, -0.2) is 38.2 Å². The Morgan fingerprint density at radius 2 is 2.20 bits per heavy atom. The first-order chi connectivity index (χ1) is 12.0. The van der Waals surface area contributed by atoms with Gasteiger partial charge in [-0.15, -0.1) is 0 Å². The molecule has 0 saturated carbocycles. The molecular formula is C18H18N4O3. The number of benzene rings is 2. The van der Waals surface area contributed by atoms with E-state index in [0.29, 0.717) is 17.8 Å². The van der Waals surface area contributed by atoms with E-state index in [4.69, 9.17) is 5.11 Å². The lowest BCUT2D eigenvalue weighted by Gasteiger charge is -2.13. The molecule has 1 aromatic heterocycles. The van der Waals surface area contributed by atoms with Crippen LogP contribution in [0.25, 0.3) is 10.9 Å². The van der Waals surface area contributed by atoms with Crippen LogP contribution in [0.4, 0.5) is 11.4 Å². The average Bonchev–Trinajstić information content (AvgIpc) is 3.09. The van der Waals surface area contributed by atoms with Crippen molar-refractivity contribution < 1.29 is 16.1 Å². The molecule has 0 spiro atoms. The smallest absolute Gasteiger partial charge is 0.323 e. The Morgan fingerprint density at radius 3 is 3.00 bits per heavy atom. The maximum atomic E-state index is 12.6. The number of carboxylic acids is 1. The second kappa shape index (κ2) is 5.62. The van der Waals surface area contributed by atoms with Crippen LogP contribution in [0.5, 0.6) is 0 Å². The van der Waals surface area contributed by atoms with E-state index in [0.717, 1.165) is 22.2 Å². The van der Waals surface area contributed by atoms with Crippen LogP contribution in [0.2, 0.25) is 0 Å². The summed E-state index contributed by atoms with van der Waals surface area (Å²) >= 11 is 0. The lowest BCUT2D eigenvalue weighted by molar-refractivity contribution is -0.137. The molecule has 1 aliphatic rings. The Kier molecular flexibility index (Phi) is 3.42. The number of amides is 1. The number of hydrogen-bond donors (Lipinski definition) is 2. The molecule has 0 bridgehead atoms. The van der Waals surface area contributed by atoms with Crippen molar-refractivity contribution in [1.29, 1.82) is 0 Å². The van der Waals surface area contributed by atoms with Gasteiger partial charge in [0.05, 0.1) is 23.0 Å². The number of carbonyl (C=O) groups excluding carboxylic acids is 1. The van der Waals surface area contributed by atoms with E-state index in [1.807, 2.05) is 43.4 Å². The van der Waals surface area contributed by atoms with E-state index >= 15 is 0 Å². The first kappa shape index (κ1) is 15.2. The number of nitrogens with one attached hydrogen (secondary N) is 1. The predicted molar refractivity (Wildman–Crippen MR) is 94.9 cm³/mol. The highest BCUT2D eigenvalue weighted by molar-refractivity contribution is 6.05. The number of aliphatic carboxylic acids is 1. The summed E-state index contributed by atoms with van der Waals surface area (Å²) in [4.78, 5) is 24.8. The minimum Gasteiger partial charge on any atom is -0.480 e. The third kappa shape index (κ3) is 2.59. The first-order valence-corrected chi connectivity index (χ1v) is 7.84. The quantitative estimate of drug-likeness (QED) is 0.763. The Bertz CT molecular complexity index is 1010. The van der Waals surface area contributed by atoms with E-state index < -0.39 is 5.97 Å². The van der Waals surface area contributed by atoms with Crippen molar-refractivity contribution in [2.45, 2.75) is 6.54 Å². The zero-order valence-electron chi connectivity index (χ0n) is 13.6. The highest BCUT2D eigenvalue weighted by Gasteiger charge is 2.31. The lowest BCUT2D eigenvalue weighted by atomic mass is 10.1. The summed E-state index contributed by atoms with van der Waals surface area (Å²) in [5, 5.41) is 17.5. The number of rotatable bonds is 4. The number of aryl methyl sites for hydroxylation is 1.